The van der Waals surface area contributed by atoms with Gasteiger partial charge in [0.15, 0.2) is 0 Å². The van der Waals surface area contributed by atoms with Crippen LogP contribution < -0.4 is 0 Å². The number of hydrogen-bond donors (Lipinski definition) is 0. The highest BCUT2D eigenvalue weighted by Gasteiger charge is 2.50. The lowest BCUT2D eigenvalue weighted by atomic mass is 10.4. The Morgan fingerprint density at radius 3 is 0.963 bits per heavy atom. The molecule has 2 aliphatic heterocycles. The highest BCUT2D eigenvalue weighted by atomic mass is 28.5. The molecule has 2 fully saturated rings. The molecule has 0 aromatic rings. The summed E-state index contributed by atoms with van der Waals surface area (Å²) >= 11 is 0. The highest BCUT2D eigenvalue weighted by molar-refractivity contribution is 6.92. The van der Waals surface area contributed by atoms with E-state index in [0.717, 1.165) is 6.61 Å². The molecule has 0 amide bonds. The maximum absolute atomic E-state index is 6.30. The molecule has 2 heterocycles. The Morgan fingerprint density at radius 1 is 0.519 bits per heavy atom. The molecule has 161 valence electrons. The second kappa shape index (κ2) is 9.47. The molecule has 6 nitrogen and oxygen atoms in total. The summed E-state index contributed by atoms with van der Waals surface area (Å²) in [4.78, 5) is 0. The summed E-state index contributed by atoms with van der Waals surface area (Å²) in [5.74, 6) is 0. The van der Waals surface area contributed by atoms with Gasteiger partial charge in [0.05, 0.1) is 0 Å². The van der Waals surface area contributed by atoms with Crippen molar-refractivity contribution < 1.29 is 25.0 Å². The third kappa shape index (κ3) is 11.1. The van der Waals surface area contributed by atoms with E-state index >= 15 is 0 Å². The summed E-state index contributed by atoms with van der Waals surface area (Å²) in [6.07, 6.45) is 2.70. The van der Waals surface area contributed by atoms with E-state index in [0.29, 0.717) is 0 Å². The van der Waals surface area contributed by atoms with E-state index in [2.05, 4.69) is 72.0 Å². The quantitative estimate of drug-likeness (QED) is 0.449. The Balaban J connectivity index is 0.000000433. The second-order valence-electron chi connectivity index (χ2n) is 9.52. The summed E-state index contributed by atoms with van der Waals surface area (Å²) in [5.41, 5.74) is 0. The van der Waals surface area contributed by atoms with Gasteiger partial charge >= 0.3 is 42.8 Å². The van der Waals surface area contributed by atoms with E-state index < -0.39 is 42.8 Å². The monoisotopic (exact) mass is 485 g/mol. The molecule has 2 saturated heterocycles. The van der Waals surface area contributed by atoms with Gasteiger partial charge < -0.3 is 25.0 Å². The lowest BCUT2D eigenvalue weighted by Gasteiger charge is -2.46. The number of hydrogen-bond acceptors (Lipinski definition) is 6. The van der Waals surface area contributed by atoms with Crippen LogP contribution >= 0.6 is 0 Å². The van der Waals surface area contributed by atoms with Gasteiger partial charge in [-0.05, 0) is 84.5 Å². The molecule has 2 aliphatic rings. The number of rotatable bonds is 0. The fourth-order valence-electron chi connectivity index (χ4n) is 3.86. The standard InChI is InChI=1S/C10H30O5Si5.C5H11OSi/c1-16(2)11-17(3,4)13-19(7,8)15-20(9,10)14-18(5,6)12-16;1-7-5-3-2-4-6-7/h1-10H3;2-5H2,1H3. The zero-order chi connectivity index (χ0) is 21.1. The van der Waals surface area contributed by atoms with E-state index in [1.54, 1.807) is 0 Å². The molecule has 0 spiro atoms. The molecule has 0 aromatic carbocycles. The summed E-state index contributed by atoms with van der Waals surface area (Å²) in [5, 5.41) is 0. The van der Waals surface area contributed by atoms with Crippen LogP contribution in [0.15, 0.2) is 0 Å². The van der Waals surface area contributed by atoms with Crippen molar-refractivity contribution in [3.63, 3.8) is 0 Å². The lowest BCUT2D eigenvalue weighted by molar-refractivity contribution is 0.239. The molecule has 0 aromatic heterocycles. The summed E-state index contributed by atoms with van der Waals surface area (Å²) in [6.45, 7) is 24.1. The molecule has 0 atom stereocenters. The van der Waals surface area contributed by atoms with Crippen molar-refractivity contribution >= 4 is 51.8 Å². The fraction of sp³-hybridized carbons (Fsp3) is 1.00. The van der Waals surface area contributed by atoms with Gasteiger partial charge in [0, 0.05) is 6.61 Å². The van der Waals surface area contributed by atoms with Gasteiger partial charge in [-0.2, -0.15) is 0 Å². The molecule has 0 unspecified atom stereocenters. The van der Waals surface area contributed by atoms with Crippen LogP contribution in [0.1, 0.15) is 12.8 Å². The van der Waals surface area contributed by atoms with Crippen molar-refractivity contribution in [2.75, 3.05) is 6.61 Å². The van der Waals surface area contributed by atoms with Crippen LogP contribution in [-0.2, 0) is 25.0 Å². The second-order valence-corrected chi connectivity index (χ2v) is 29.8. The van der Waals surface area contributed by atoms with Crippen LogP contribution in [0.25, 0.3) is 0 Å². The first kappa shape index (κ1) is 26.1. The van der Waals surface area contributed by atoms with Crippen molar-refractivity contribution in [1.82, 2.24) is 0 Å². The van der Waals surface area contributed by atoms with E-state index in [1.165, 1.54) is 18.9 Å². The Kier molecular flexibility index (Phi) is 9.15. The molecule has 0 aliphatic carbocycles. The van der Waals surface area contributed by atoms with Crippen LogP contribution in [0, 0.1) is 0 Å². The Labute approximate surface area is 174 Å². The molecule has 0 N–H and O–H groups in total. The first-order chi connectivity index (χ1) is 11.9. The maximum Gasteiger partial charge on any atom is 0.314 e. The molecule has 27 heavy (non-hydrogen) atoms. The third-order valence-corrected chi connectivity index (χ3v) is 25.1. The summed E-state index contributed by atoms with van der Waals surface area (Å²) < 4.78 is 36.9. The topological polar surface area (TPSA) is 55.4 Å². The van der Waals surface area contributed by atoms with Crippen LogP contribution in [0.2, 0.25) is 78.1 Å². The van der Waals surface area contributed by atoms with E-state index in [-0.39, 0.29) is 9.04 Å². The zero-order valence-corrected chi connectivity index (χ0v) is 25.3. The van der Waals surface area contributed by atoms with Gasteiger partial charge in [0.2, 0.25) is 9.04 Å². The highest BCUT2D eigenvalue weighted by Crippen LogP contribution is 2.30. The minimum absolute atomic E-state index is 0.293. The third-order valence-electron chi connectivity index (χ3n) is 3.73. The predicted octanol–water partition coefficient (Wildman–Crippen LogP) is 5.01. The Morgan fingerprint density at radius 2 is 0.815 bits per heavy atom. The average molecular weight is 486 g/mol. The predicted molar refractivity (Wildman–Crippen MR) is 124 cm³/mol. The first-order valence-corrected chi connectivity index (χ1v) is 26.1. The molecule has 0 bridgehead atoms. The zero-order valence-electron chi connectivity index (χ0n) is 19.3. The minimum atomic E-state index is -2.26. The van der Waals surface area contributed by atoms with Crippen LogP contribution in [0.3, 0.4) is 0 Å². The van der Waals surface area contributed by atoms with E-state index in [4.69, 9.17) is 25.0 Å². The summed E-state index contributed by atoms with van der Waals surface area (Å²) in [7, 11) is -11.6. The normalized spacial score (nSPS) is 29.9. The fourth-order valence-corrected chi connectivity index (χ4v) is 31.6. The molecular weight excluding hydrogens is 445 g/mol. The van der Waals surface area contributed by atoms with Crippen molar-refractivity contribution in [2.24, 2.45) is 0 Å². The average Bonchev–Trinajstić information content (AvgIpc) is 2.30. The minimum Gasteiger partial charge on any atom is -0.417 e. The van der Waals surface area contributed by atoms with Crippen molar-refractivity contribution in [3.05, 3.63) is 0 Å². The van der Waals surface area contributed by atoms with Crippen molar-refractivity contribution in [2.45, 2.75) is 90.9 Å². The summed E-state index contributed by atoms with van der Waals surface area (Å²) in [6, 6.07) is 1.37. The Hall–Kier alpha value is 1.06. The molecule has 12 heteroatoms. The maximum atomic E-state index is 6.30. The van der Waals surface area contributed by atoms with Crippen molar-refractivity contribution in [1.29, 1.82) is 0 Å². The van der Waals surface area contributed by atoms with Gasteiger partial charge in [-0.25, -0.2) is 0 Å². The SMILES string of the molecule is C[Si]1(C)O[Si](C)(C)O[Si](C)(C)O[Si](C)(C)O[Si](C)(C)O1.C[Si]1CCCCO1. The van der Waals surface area contributed by atoms with Crippen LogP contribution in [0.4, 0.5) is 0 Å². The largest absolute Gasteiger partial charge is 0.417 e. The molecular formula is C15H41O6Si6. The van der Waals surface area contributed by atoms with Gasteiger partial charge in [0.1, 0.15) is 0 Å². The van der Waals surface area contributed by atoms with Crippen LogP contribution in [-0.4, -0.2) is 58.5 Å². The smallest absolute Gasteiger partial charge is 0.314 e. The lowest BCUT2D eigenvalue weighted by Crippen LogP contribution is -2.64. The van der Waals surface area contributed by atoms with Gasteiger partial charge in [-0.15, -0.1) is 0 Å². The van der Waals surface area contributed by atoms with E-state index in [9.17, 15) is 0 Å². The van der Waals surface area contributed by atoms with Gasteiger partial charge in [-0.1, -0.05) is 6.42 Å². The van der Waals surface area contributed by atoms with Gasteiger partial charge in [0.25, 0.3) is 0 Å². The first-order valence-electron chi connectivity index (χ1n) is 9.89. The van der Waals surface area contributed by atoms with Crippen LogP contribution in [0.5, 0.6) is 0 Å². The van der Waals surface area contributed by atoms with Crippen molar-refractivity contribution in [3.8, 4) is 0 Å². The van der Waals surface area contributed by atoms with E-state index in [1.807, 2.05) is 0 Å². The Bertz CT molecular complexity index is 378. The molecule has 0 saturated carbocycles. The molecule has 1 radical (unpaired) electrons. The molecule has 2 rings (SSSR count). The van der Waals surface area contributed by atoms with Gasteiger partial charge in [-0.3, -0.25) is 0 Å².